The van der Waals surface area contributed by atoms with Gasteiger partial charge in [0.25, 0.3) is 0 Å². The number of nitrogens with zero attached hydrogens (tertiary/aromatic N) is 1. The van der Waals surface area contributed by atoms with Crippen molar-refractivity contribution in [2.75, 3.05) is 7.11 Å². The molecule has 2 aromatic carbocycles. The molecule has 11 heteroatoms. The van der Waals surface area contributed by atoms with Crippen LogP contribution in [0.2, 0.25) is 0 Å². The number of methoxy groups -OCH3 is 1. The van der Waals surface area contributed by atoms with Gasteiger partial charge in [0.2, 0.25) is 0 Å². The van der Waals surface area contributed by atoms with Gasteiger partial charge in [0, 0.05) is 24.2 Å². The third-order valence-corrected chi connectivity index (χ3v) is 7.35. The fraction of sp³-hybridized carbons (Fsp3) is 0.464. The Bertz CT molecular complexity index is 1190. The van der Waals surface area contributed by atoms with Crippen LogP contribution in [0.4, 0.5) is 4.39 Å². The third-order valence-electron chi connectivity index (χ3n) is 7.35. The highest BCUT2D eigenvalue weighted by Gasteiger charge is 2.48. The molecule has 212 valence electrons. The Balaban J connectivity index is 0.000000276. The Morgan fingerprint density at radius 2 is 1.62 bits per heavy atom. The molecule has 0 amide bonds. The minimum atomic E-state index is -2.74. The van der Waals surface area contributed by atoms with Crippen molar-refractivity contribution >= 4 is 17.9 Å². The second-order valence-electron chi connectivity index (χ2n) is 10.3. The van der Waals surface area contributed by atoms with Crippen molar-refractivity contribution in [3.8, 4) is 5.75 Å². The maximum atomic E-state index is 13.7. The van der Waals surface area contributed by atoms with Gasteiger partial charge in [0.15, 0.2) is 5.60 Å². The Hall–Kier alpha value is -3.54. The number of halogens is 1. The molecule has 0 saturated carbocycles. The lowest BCUT2D eigenvalue weighted by Crippen LogP contribution is -2.49. The molecule has 39 heavy (non-hydrogen) atoms. The van der Waals surface area contributed by atoms with Crippen LogP contribution in [0.5, 0.6) is 5.75 Å². The number of benzene rings is 2. The van der Waals surface area contributed by atoms with Gasteiger partial charge < -0.3 is 30.3 Å². The number of aliphatic carboxylic acids is 3. The van der Waals surface area contributed by atoms with Crippen LogP contribution in [0.15, 0.2) is 42.5 Å². The monoisotopic (exact) mass is 547 g/mol. The summed E-state index contributed by atoms with van der Waals surface area (Å²) >= 11 is 0. The van der Waals surface area contributed by atoms with E-state index < -0.39 is 42.0 Å². The van der Waals surface area contributed by atoms with Crippen LogP contribution in [0, 0.1) is 12.7 Å². The first-order chi connectivity index (χ1) is 18.3. The quantitative estimate of drug-likeness (QED) is 0.315. The van der Waals surface area contributed by atoms with Gasteiger partial charge in [0.05, 0.1) is 25.6 Å². The van der Waals surface area contributed by atoms with E-state index in [-0.39, 0.29) is 5.82 Å². The number of aliphatic hydroxyl groups is 2. The average molecular weight is 548 g/mol. The number of rotatable bonds is 9. The van der Waals surface area contributed by atoms with E-state index in [2.05, 4.69) is 24.0 Å². The molecule has 2 fully saturated rings. The van der Waals surface area contributed by atoms with Crippen LogP contribution in [-0.2, 0) is 26.5 Å². The molecule has 10 nitrogen and oxygen atoms in total. The van der Waals surface area contributed by atoms with Gasteiger partial charge in [-0.1, -0.05) is 29.8 Å². The first kappa shape index (κ1) is 30.0. The van der Waals surface area contributed by atoms with Crippen molar-refractivity contribution in [2.24, 2.45) is 0 Å². The summed E-state index contributed by atoms with van der Waals surface area (Å²) in [5.74, 6) is -4.38. The fourth-order valence-electron chi connectivity index (χ4n) is 5.53. The smallest absolute Gasteiger partial charge is 0.336 e. The first-order valence-electron chi connectivity index (χ1n) is 12.5. The van der Waals surface area contributed by atoms with Crippen LogP contribution < -0.4 is 4.74 Å². The Morgan fingerprint density at radius 1 is 1.03 bits per heavy atom. The van der Waals surface area contributed by atoms with E-state index in [0.717, 1.165) is 25.1 Å². The number of hydrogen-bond donors (Lipinski definition) is 5. The molecule has 5 N–H and O–H groups in total. The second-order valence-corrected chi connectivity index (χ2v) is 10.3. The lowest BCUT2D eigenvalue weighted by atomic mass is 9.80. The maximum absolute atomic E-state index is 13.7. The topological polar surface area (TPSA) is 165 Å². The number of carbonyl (C=O) groups is 3. The minimum absolute atomic E-state index is 0.282. The largest absolute Gasteiger partial charge is 0.496 e. The van der Waals surface area contributed by atoms with Crippen LogP contribution in [-0.4, -0.2) is 73.1 Å². The van der Waals surface area contributed by atoms with Gasteiger partial charge in [-0.15, -0.1) is 0 Å². The van der Waals surface area contributed by atoms with Gasteiger partial charge in [0.1, 0.15) is 11.6 Å². The van der Waals surface area contributed by atoms with E-state index >= 15 is 0 Å². The summed E-state index contributed by atoms with van der Waals surface area (Å²) in [6, 6.07) is 13.4. The predicted molar refractivity (Wildman–Crippen MR) is 137 cm³/mol. The van der Waals surface area contributed by atoms with Crippen molar-refractivity contribution in [3.63, 3.8) is 0 Å². The standard InChI is InChI=1S/C22H26FNO2.C6H8O7/c1-15-6-9-21(26-2)16(10-15)14-24-19-7-8-20(24)13-22(25,12-19)17-4-3-5-18(23)11-17;7-3(8)1-6(13,5(11)12)2-4(9)10/h3-6,9-11,19-20,25H,7-8,12-14H2,1-2H3;13H,1-2H2,(H,7,8)(H,9,10)(H,11,12). The maximum Gasteiger partial charge on any atom is 0.336 e. The van der Waals surface area contributed by atoms with Gasteiger partial charge >= 0.3 is 17.9 Å². The molecule has 2 aromatic rings. The summed E-state index contributed by atoms with van der Waals surface area (Å²) in [6.45, 7) is 2.93. The Labute approximate surface area is 225 Å². The van der Waals surface area contributed by atoms with Gasteiger partial charge in [-0.2, -0.15) is 0 Å². The lowest BCUT2D eigenvalue weighted by molar-refractivity contribution is -0.170. The predicted octanol–water partition coefficient (Wildman–Crippen LogP) is 2.91. The number of carboxylic acid groups (broad SMARTS) is 3. The zero-order valence-corrected chi connectivity index (χ0v) is 21.8. The van der Waals surface area contributed by atoms with Crippen LogP contribution in [0.25, 0.3) is 0 Å². The molecule has 0 aliphatic carbocycles. The van der Waals surface area contributed by atoms with Crippen LogP contribution >= 0.6 is 0 Å². The molecule has 2 unspecified atom stereocenters. The van der Waals surface area contributed by atoms with Crippen molar-refractivity contribution in [3.05, 3.63) is 65.0 Å². The molecule has 0 spiro atoms. The SMILES string of the molecule is COc1ccc(C)cc1CN1C2CCC1CC(O)(c1cccc(F)c1)C2.O=C(O)CC(O)(CC(=O)O)C(=O)O. The molecule has 2 saturated heterocycles. The molecule has 0 radical (unpaired) electrons. The molecular weight excluding hydrogens is 513 g/mol. The molecule has 2 aliphatic rings. The molecule has 2 aliphatic heterocycles. The minimum Gasteiger partial charge on any atom is -0.496 e. The van der Waals surface area contributed by atoms with Crippen molar-refractivity contribution in [1.82, 2.24) is 4.90 Å². The summed E-state index contributed by atoms with van der Waals surface area (Å²) < 4.78 is 19.2. The number of carboxylic acids is 3. The van der Waals surface area contributed by atoms with Crippen molar-refractivity contribution in [1.29, 1.82) is 0 Å². The summed E-state index contributed by atoms with van der Waals surface area (Å²) in [6.07, 6.45) is 1.18. The van der Waals surface area contributed by atoms with Crippen LogP contribution in [0.3, 0.4) is 0 Å². The molecule has 0 aromatic heterocycles. The highest BCUT2D eigenvalue weighted by Crippen LogP contribution is 2.46. The Morgan fingerprint density at radius 3 is 2.10 bits per heavy atom. The average Bonchev–Trinajstić information content (AvgIpc) is 3.07. The number of hydrogen-bond acceptors (Lipinski definition) is 7. The van der Waals surface area contributed by atoms with Gasteiger partial charge in [-0.3, -0.25) is 14.5 Å². The zero-order chi connectivity index (χ0) is 29.0. The molecular formula is C28H34FNO9. The second kappa shape index (κ2) is 12.1. The molecule has 2 heterocycles. The number of fused-ring (bicyclic) bond motifs is 2. The van der Waals surface area contributed by atoms with E-state index in [1.807, 2.05) is 12.1 Å². The molecule has 2 atom stereocenters. The highest BCUT2D eigenvalue weighted by molar-refractivity contribution is 5.88. The van der Waals surface area contributed by atoms with E-state index in [1.165, 1.54) is 23.3 Å². The lowest BCUT2D eigenvalue weighted by Gasteiger charge is -2.44. The van der Waals surface area contributed by atoms with E-state index in [9.17, 15) is 23.9 Å². The van der Waals surface area contributed by atoms with Gasteiger partial charge in [-0.25, -0.2) is 9.18 Å². The zero-order valence-electron chi connectivity index (χ0n) is 21.8. The molecule has 4 rings (SSSR count). The van der Waals surface area contributed by atoms with Crippen LogP contribution in [0.1, 0.15) is 55.2 Å². The summed E-state index contributed by atoms with van der Waals surface area (Å²) in [5, 5.41) is 45.1. The number of aryl methyl sites for hydroxylation is 1. The summed E-state index contributed by atoms with van der Waals surface area (Å²) in [7, 11) is 1.71. The molecule has 2 bridgehead atoms. The highest BCUT2D eigenvalue weighted by atomic mass is 19.1. The summed E-state index contributed by atoms with van der Waals surface area (Å²) in [5.41, 5.74) is -0.539. The summed E-state index contributed by atoms with van der Waals surface area (Å²) in [4.78, 5) is 33.0. The van der Waals surface area contributed by atoms with Crippen molar-refractivity contribution in [2.45, 2.75) is 75.3 Å². The Kier molecular flexibility index (Phi) is 9.31. The van der Waals surface area contributed by atoms with Crippen molar-refractivity contribution < 1.29 is 49.0 Å². The van der Waals surface area contributed by atoms with E-state index in [0.29, 0.717) is 30.5 Å². The number of piperidine rings is 1. The number of ether oxygens (including phenoxy) is 1. The first-order valence-corrected chi connectivity index (χ1v) is 12.5. The van der Waals surface area contributed by atoms with E-state index in [1.54, 1.807) is 13.2 Å². The van der Waals surface area contributed by atoms with Gasteiger partial charge in [-0.05, 0) is 56.4 Å². The fourth-order valence-corrected chi connectivity index (χ4v) is 5.53. The third kappa shape index (κ3) is 7.31. The van der Waals surface area contributed by atoms with E-state index in [4.69, 9.17) is 25.2 Å². The normalized spacial score (nSPS) is 22.5.